The molecule has 3 nitrogen and oxygen atoms in total. The lowest BCUT2D eigenvalue weighted by molar-refractivity contribution is 1.09. The molecule has 0 unspecified atom stereocenters. The maximum absolute atomic E-state index is 4.51. The summed E-state index contributed by atoms with van der Waals surface area (Å²) < 4.78 is 2.36. The lowest BCUT2D eigenvalue weighted by Crippen LogP contribution is -2.18. The molecule has 0 aliphatic carbocycles. The molecule has 9 rings (SSSR count). The van der Waals surface area contributed by atoms with Gasteiger partial charge in [0.25, 0.3) is 0 Å². The van der Waals surface area contributed by atoms with Crippen molar-refractivity contribution in [2.75, 3.05) is 11.4 Å². The van der Waals surface area contributed by atoms with Gasteiger partial charge in [0.05, 0.1) is 11.0 Å². The SMILES string of the molecule is C=C1/C=C\C=C/CN(c2cc(-c3ccccc3)cc(-c3ccncc3)c2)c2cc(-c3ccc4c(c3)c3ccccc3n4-c3ccccc3)ccc21. The molecule has 6 aromatic carbocycles. The lowest BCUT2D eigenvalue weighted by atomic mass is 9.95. The molecule has 0 spiro atoms. The first kappa shape index (κ1) is 30.4. The average molecular weight is 654 g/mol. The quantitative estimate of drug-likeness (QED) is 0.184. The third kappa shape index (κ3) is 5.65. The molecule has 242 valence electrons. The second-order valence-electron chi connectivity index (χ2n) is 12.9. The van der Waals surface area contributed by atoms with Crippen molar-refractivity contribution in [2.24, 2.45) is 0 Å². The monoisotopic (exact) mass is 653 g/mol. The third-order valence-corrected chi connectivity index (χ3v) is 9.84. The van der Waals surface area contributed by atoms with Gasteiger partial charge < -0.3 is 9.47 Å². The Kier molecular flexibility index (Phi) is 7.71. The van der Waals surface area contributed by atoms with Crippen molar-refractivity contribution >= 4 is 38.8 Å². The molecule has 0 saturated carbocycles. The van der Waals surface area contributed by atoms with Crippen LogP contribution in [0.3, 0.4) is 0 Å². The number of para-hydroxylation sites is 2. The van der Waals surface area contributed by atoms with Crippen LogP contribution in [-0.2, 0) is 0 Å². The molecule has 51 heavy (non-hydrogen) atoms. The van der Waals surface area contributed by atoms with Gasteiger partial charge in [0, 0.05) is 52.3 Å². The summed E-state index contributed by atoms with van der Waals surface area (Å²) in [6.07, 6.45) is 12.2. The van der Waals surface area contributed by atoms with Crippen LogP contribution in [0.5, 0.6) is 0 Å². The average Bonchev–Trinajstić information content (AvgIpc) is 3.56. The molecular weight excluding hydrogens is 619 g/mol. The van der Waals surface area contributed by atoms with E-state index in [9.17, 15) is 0 Å². The summed E-state index contributed by atoms with van der Waals surface area (Å²) in [6.45, 7) is 5.21. The van der Waals surface area contributed by atoms with Crippen molar-refractivity contribution in [3.63, 3.8) is 0 Å². The topological polar surface area (TPSA) is 21.1 Å². The molecule has 2 aromatic heterocycles. The highest BCUT2D eigenvalue weighted by molar-refractivity contribution is 6.10. The normalized spacial score (nSPS) is 14.1. The van der Waals surface area contributed by atoms with E-state index in [1.807, 2.05) is 12.4 Å². The number of allylic oxidation sites excluding steroid dienone is 4. The predicted molar refractivity (Wildman–Crippen MR) is 216 cm³/mol. The van der Waals surface area contributed by atoms with Crippen LogP contribution < -0.4 is 4.90 Å². The van der Waals surface area contributed by atoms with Crippen LogP contribution in [0.4, 0.5) is 11.4 Å². The molecule has 0 atom stereocenters. The summed E-state index contributed by atoms with van der Waals surface area (Å²) in [7, 11) is 0. The predicted octanol–water partition coefficient (Wildman–Crippen LogP) is 12.5. The largest absolute Gasteiger partial charge is 0.337 e. The number of benzene rings is 6. The van der Waals surface area contributed by atoms with E-state index in [1.54, 1.807) is 0 Å². The van der Waals surface area contributed by atoms with Crippen LogP contribution in [0.15, 0.2) is 195 Å². The Bertz CT molecular complexity index is 2550. The molecule has 8 aromatic rings. The van der Waals surface area contributed by atoms with Crippen molar-refractivity contribution in [1.29, 1.82) is 0 Å². The number of pyridine rings is 1. The molecule has 0 fully saturated rings. The van der Waals surface area contributed by atoms with Crippen LogP contribution in [0.2, 0.25) is 0 Å². The first-order chi connectivity index (χ1) is 25.2. The highest BCUT2D eigenvalue weighted by atomic mass is 15.1. The van der Waals surface area contributed by atoms with E-state index in [4.69, 9.17) is 0 Å². The minimum Gasteiger partial charge on any atom is -0.337 e. The molecule has 0 radical (unpaired) electrons. The fourth-order valence-corrected chi connectivity index (χ4v) is 7.34. The van der Waals surface area contributed by atoms with Crippen molar-refractivity contribution in [1.82, 2.24) is 9.55 Å². The van der Waals surface area contributed by atoms with Crippen LogP contribution in [0.1, 0.15) is 5.56 Å². The van der Waals surface area contributed by atoms with Gasteiger partial charge in [-0.05, 0) is 106 Å². The van der Waals surface area contributed by atoms with E-state index in [0.29, 0.717) is 6.54 Å². The van der Waals surface area contributed by atoms with Crippen LogP contribution in [0, 0.1) is 0 Å². The molecule has 0 amide bonds. The van der Waals surface area contributed by atoms with Gasteiger partial charge in [-0.25, -0.2) is 0 Å². The van der Waals surface area contributed by atoms with Gasteiger partial charge in [0.1, 0.15) is 0 Å². The Morgan fingerprint density at radius 2 is 1.16 bits per heavy atom. The molecule has 0 N–H and O–H groups in total. The maximum atomic E-state index is 4.51. The number of nitrogens with zero attached hydrogens (tertiary/aromatic N) is 3. The standard InChI is InChI=1S/C48H35N3/c1-34-13-5-4-12-28-50(42-30-39(35-14-6-2-7-15-35)29-40(31-42)36-24-26-49-27-25-36)48-33-38(20-22-43(34)48)37-21-23-47-45(32-37)44-18-10-11-19-46(44)51(47)41-16-8-3-9-17-41/h2-27,29-33H,1,28H2/b12-4-,13-5-. The van der Waals surface area contributed by atoms with E-state index in [0.717, 1.165) is 44.9 Å². The lowest BCUT2D eigenvalue weighted by Gasteiger charge is -2.28. The van der Waals surface area contributed by atoms with Gasteiger partial charge in [-0.2, -0.15) is 0 Å². The first-order valence-corrected chi connectivity index (χ1v) is 17.4. The van der Waals surface area contributed by atoms with E-state index in [1.165, 1.54) is 38.5 Å². The van der Waals surface area contributed by atoms with Crippen LogP contribution >= 0.6 is 0 Å². The zero-order valence-electron chi connectivity index (χ0n) is 28.2. The smallest absolute Gasteiger partial charge is 0.0541 e. The maximum Gasteiger partial charge on any atom is 0.0541 e. The zero-order valence-corrected chi connectivity index (χ0v) is 28.2. The van der Waals surface area contributed by atoms with Crippen molar-refractivity contribution in [3.05, 3.63) is 200 Å². The number of fused-ring (bicyclic) bond motifs is 4. The zero-order chi connectivity index (χ0) is 34.1. The fourth-order valence-electron chi connectivity index (χ4n) is 7.34. The number of rotatable bonds is 5. The molecule has 0 saturated heterocycles. The number of hydrogen-bond donors (Lipinski definition) is 0. The molecular formula is C48H35N3. The molecule has 3 heterocycles. The Labute approximate surface area is 298 Å². The number of aromatic nitrogens is 2. The summed E-state index contributed by atoms with van der Waals surface area (Å²) in [5.41, 5.74) is 14.8. The van der Waals surface area contributed by atoms with Crippen LogP contribution in [-0.4, -0.2) is 16.1 Å². The van der Waals surface area contributed by atoms with Crippen molar-refractivity contribution in [3.8, 4) is 39.1 Å². The van der Waals surface area contributed by atoms with Gasteiger partial charge >= 0.3 is 0 Å². The van der Waals surface area contributed by atoms with E-state index < -0.39 is 0 Å². The van der Waals surface area contributed by atoms with Crippen molar-refractivity contribution in [2.45, 2.75) is 0 Å². The Balaban J connectivity index is 1.23. The van der Waals surface area contributed by atoms with Crippen molar-refractivity contribution < 1.29 is 0 Å². The third-order valence-electron chi connectivity index (χ3n) is 9.84. The van der Waals surface area contributed by atoms with Gasteiger partial charge in [0.15, 0.2) is 0 Å². The Hall–Kier alpha value is -6.71. The highest BCUT2D eigenvalue weighted by Gasteiger charge is 2.19. The molecule has 3 heteroatoms. The summed E-state index contributed by atoms with van der Waals surface area (Å²) in [5.74, 6) is 0. The minimum atomic E-state index is 0.700. The minimum absolute atomic E-state index is 0.700. The number of hydrogen-bond acceptors (Lipinski definition) is 2. The highest BCUT2D eigenvalue weighted by Crippen LogP contribution is 2.41. The van der Waals surface area contributed by atoms with E-state index in [2.05, 4.69) is 197 Å². The second-order valence-corrected chi connectivity index (χ2v) is 12.9. The van der Waals surface area contributed by atoms with Gasteiger partial charge in [0.2, 0.25) is 0 Å². The Morgan fingerprint density at radius 1 is 0.490 bits per heavy atom. The van der Waals surface area contributed by atoms with Gasteiger partial charge in [-0.15, -0.1) is 0 Å². The fraction of sp³-hybridized carbons (Fsp3) is 0.0208. The van der Waals surface area contributed by atoms with Gasteiger partial charge in [-0.1, -0.05) is 116 Å². The molecule has 1 aliphatic rings. The second kappa shape index (κ2) is 13.0. The van der Waals surface area contributed by atoms with E-state index in [-0.39, 0.29) is 0 Å². The summed E-state index contributed by atoms with van der Waals surface area (Å²) >= 11 is 0. The number of anilines is 2. The van der Waals surface area contributed by atoms with Crippen LogP contribution in [0.25, 0.3) is 66.4 Å². The van der Waals surface area contributed by atoms with E-state index >= 15 is 0 Å². The Morgan fingerprint density at radius 3 is 1.96 bits per heavy atom. The molecule has 1 aliphatic heterocycles. The summed E-state index contributed by atoms with van der Waals surface area (Å²) in [4.78, 5) is 6.71. The summed E-state index contributed by atoms with van der Waals surface area (Å²) in [6, 6.07) is 54.7. The summed E-state index contributed by atoms with van der Waals surface area (Å²) in [5, 5.41) is 2.48. The van der Waals surface area contributed by atoms with Gasteiger partial charge in [-0.3, -0.25) is 4.98 Å². The first-order valence-electron chi connectivity index (χ1n) is 17.4. The molecule has 0 bridgehead atoms.